The van der Waals surface area contributed by atoms with E-state index in [2.05, 4.69) is 24.7 Å². The number of pyridine rings is 2. The fourth-order valence-electron chi connectivity index (χ4n) is 2.91. The molecule has 4 heterocycles. The van der Waals surface area contributed by atoms with E-state index in [0.717, 1.165) is 17.0 Å². The highest BCUT2D eigenvalue weighted by Crippen LogP contribution is 2.29. The Balaban J connectivity index is 1.73. The molecule has 0 aromatic carbocycles. The average Bonchev–Trinajstić information content (AvgIpc) is 3.03. The van der Waals surface area contributed by atoms with Gasteiger partial charge in [0.2, 0.25) is 5.88 Å². The second-order valence-corrected chi connectivity index (χ2v) is 6.04. The molecule has 4 aromatic rings. The summed E-state index contributed by atoms with van der Waals surface area (Å²) in [5, 5.41) is 0. The molecule has 0 N–H and O–H groups in total. The summed E-state index contributed by atoms with van der Waals surface area (Å²) in [5.74, 6) is -0.0910. The lowest BCUT2D eigenvalue weighted by Gasteiger charge is -2.09. The van der Waals surface area contributed by atoms with Gasteiger partial charge in [0.25, 0.3) is 0 Å². The van der Waals surface area contributed by atoms with Crippen LogP contribution in [0.15, 0.2) is 55.2 Å². The maximum absolute atomic E-state index is 12.3. The van der Waals surface area contributed by atoms with E-state index in [9.17, 15) is 13.2 Å². The van der Waals surface area contributed by atoms with E-state index < -0.39 is 12.8 Å². The Morgan fingerprint density at radius 2 is 1.79 bits per heavy atom. The van der Waals surface area contributed by atoms with Crippen molar-refractivity contribution in [1.29, 1.82) is 0 Å². The fourth-order valence-corrected chi connectivity index (χ4v) is 2.91. The average molecular weight is 385 g/mol. The van der Waals surface area contributed by atoms with Crippen molar-refractivity contribution in [3.05, 3.63) is 60.9 Å². The molecule has 0 aliphatic heterocycles. The normalized spacial score (nSPS) is 11.7. The monoisotopic (exact) mass is 385 g/mol. The standard InChI is InChI=1S/C19H14F3N5O/c1-12-17(14-2-3-15(25-10-14)28-11-19(20,21)22)27-9-8-24-16(18(27)26-12)13-4-6-23-7-5-13/h2-10H,11H2,1H3. The predicted octanol–water partition coefficient (Wildman–Crippen LogP) is 4.10. The molecule has 0 spiro atoms. The number of halogens is 3. The van der Waals surface area contributed by atoms with Crippen molar-refractivity contribution in [3.8, 4) is 28.4 Å². The Morgan fingerprint density at radius 3 is 2.46 bits per heavy atom. The van der Waals surface area contributed by atoms with Crippen molar-refractivity contribution >= 4 is 5.65 Å². The van der Waals surface area contributed by atoms with Gasteiger partial charge in [0.05, 0.1) is 11.4 Å². The zero-order valence-corrected chi connectivity index (χ0v) is 14.7. The molecule has 0 amide bonds. The van der Waals surface area contributed by atoms with Crippen molar-refractivity contribution in [2.24, 2.45) is 0 Å². The van der Waals surface area contributed by atoms with Crippen molar-refractivity contribution in [2.75, 3.05) is 6.61 Å². The maximum atomic E-state index is 12.3. The number of imidazole rings is 1. The Hall–Kier alpha value is -3.49. The van der Waals surface area contributed by atoms with Gasteiger partial charge in [0.1, 0.15) is 5.69 Å². The van der Waals surface area contributed by atoms with Crippen LogP contribution in [0.5, 0.6) is 5.88 Å². The zero-order chi connectivity index (χ0) is 19.7. The number of alkyl halides is 3. The van der Waals surface area contributed by atoms with E-state index in [1.54, 1.807) is 30.9 Å². The summed E-state index contributed by atoms with van der Waals surface area (Å²) in [6.07, 6.45) is 3.87. The first-order valence-corrected chi connectivity index (χ1v) is 8.32. The molecule has 142 valence electrons. The molecule has 4 rings (SSSR count). The minimum Gasteiger partial charge on any atom is -0.468 e. The number of hydrogen-bond donors (Lipinski definition) is 0. The van der Waals surface area contributed by atoms with Gasteiger partial charge in [-0.05, 0) is 25.1 Å². The van der Waals surface area contributed by atoms with Gasteiger partial charge in [-0.3, -0.25) is 14.4 Å². The molecular weight excluding hydrogens is 371 g/mol. The number of hydrogen-bond acceptors (Lipinski definition) is 5. The first-order chi connectivity index (χ1) is 13.4. The smallest absolute Gasteiger partial charge is 0.422 e. The molecular formula is C19H14F3N5O. The van der Waals surface area contributed by atoms with Gasteiger partial charge >= 0.3 is 6.18 Å². The van der Waals surface area contributed by atoms with Crippen LogP contribution < -0.4 is 4.74 Å². The van der Waals surface area contributed by atoms with Crippen LogP contribution in [0.3, 0.4) is 0 Å². The van der Waals surface area contributed by atoms with E-state index in [0.29, 0.717) is 16.9 Å². The Kier molecular flexibility index (Phi) is 4.42. The first kappa shape index (κ1) is 17.9. The lowest BCUT2D eigenvalue weighted by Crippen LogP contribution is -2.19. The number of aromatic nitrogens is 5. The molecule has 0 fully saturated rings. The summed E-state index contributed by atoms with van der Waals surface area (Å²) in [6.45, 7) is 0.474. The van der Waals surface area contributed by atoms with Crippen LogP contribution in [0.2, 0.25) is 0 Å². The van der Waals surface area contributed by atoms with Gasteiger partial charge in [-0.25, -0.2) is 9.97 Å². The van der Waals surface area contributed by atoms with E-state index in [-0.39, 0.29) is 5.88 Å². The van der Waals surface area contributed by atoms with Gasteiger partial charge in [-0.2, -0.15) is 13.2 Å². The third kappa shape index (κ3) is 3.51. The van der Waals surface area contributed by atoms with Crippen LogP contribution in [0.25, 0.3) is 28.2 Å². The molecule has 0 saturated carbocycles. The molecule has 0 unspecified atom stereocenters. The van der Waals surface area contributed by atoms with Crippen LogP contribution in [0.4, 0.5) is 13.2 Å². The van der Waals surface area contributed by atoms with Gasteiger partial charge in [-0.1, -0.05) is 0 Å². The molecule has 4 aromatic heterocycles. The predicted molar refractivity (Wildman–Crippen MR) is 95.7 cm³/mol. The van der Waals surface area contributed by atoms with E-state index in [1.807, 2.05) is 23.5 Å². The first-order valence-electron chi connectivity index (χ1n) is 8.32. The highest BCUT2D eigenvalue weighted by molar-refractivity contribution is 5.77. The maximum Gasteiger partial charge on any atom is 0.422 e. The highest BCUT2D eigenvalue weighted by Gasteiger charge is 2.28. The number of ether oxygens (including phenoxy) is 1. The van der Waals surface area contributed by atoms with E-state index in [1.165, 1.54) is 12.3 Å². The second-order valence-electron chi connectivity index (χ2n) is 6.04. The van der Waals surface area contributed by atoms with Gasteiger partial charge in [0, 0.05) is 48.2 Å². The molecule has 28 heavy (non-hydrogen) atoms. The van der Waals surface area contributed by atoms with E-state index in [4.69, 9.17) is 0 Å². The molecule has 0 bridgehead atoms. The summed E-state index contributed by atoms with van der Waals surface area (Å²) < 4.78 is 43.4. The SMILES string of the molecule is Cc1nc2c(-c3ccncc3)nccn2c1-c1ccc(OCC(F)(F)F)nc1. The third-order valence-electron chi connectivity index (χ3n) is 4.06. The summed E-state index contributed by atoms with van der Waals surface area (Å²) >= 11 is 0. The summed E-state index contributed by atoms with van der Waals surface area (Å²) in [4.78, 5) is 17.1. The lowest BCUT2D eigenvalue weighted by atomic mass is 10.2. The molecule has 0 aliphatic rings. The van der Waals surface area contributed by atoms with Crippen molar-refractivity contribution < 1.29 is 17.9 Å². The van der Waals surface area contributed by atoms with Crippen molar-refractivity contribution in [1.82, 2.24) is 24.3 Å². The summed E-state index contributed by atoms with van der Waals surface area (Å²) in [7, 11) is 0. The minimum atomic E-state index is -4.41. The van der Waals surface area contributed by atoms with Crippen LogP contribution in [-0.2, 0) is 0 Å². The van der Waals surface area contributed by atoms with Crippen LogP contribution in [0, 0.1) is 6.92 Å². The van der Waals surface area contributed by atoms with E-state index >= 15 is 0 Å². The topological polar surface area (TPSA) is 65.2 Å². The minimum absolute atomic E-state index is 0.0910. The summed E-state index contributed by atoms with van der Waals surface area (Å²) in [6, 6.07) is 6.76. The van der Waals surface area contributed by atoms with Crippen molar-refractivity contribution in [3.63, 3.8) is 0 Å². The highest BCUT2D eigenvalue weighted by atomic mass is 19.4. The van der Waals surface area contributed by atoms with Crippen LogP contribution in [0.1, 0.15) is 5.69 Å². The molecule has 0 atom stereocenters. The zero-order valence-electron chi connectivity index (χ0n) is 14.7. The second kappa shape index (κ2) is 6.91. The molecule has 0 radical (unpaired) electrons. The molecule has 0 aliphatic carbocycles. The number of aryl methyl sites for hydroxylation is 1. The Morgan fingerprint density at radius 1 is 1.00 bits per heavy atom. The Bertz CT molecular complexity index is 1110. The largest absolute Gasteiger partial charge is 0.468 e. The fraction of sp³-hybridized carbons (Fsp3) is 0.158. The number of rotatable bonds is 4. The summed E-state index contributed by atoms with van der Waals surface area (Å²) in [5.41, 5.74) is 4.48. The van der Waals surface area contributed by atoms with Gasteiger partial charge < -0.3 is 4.74 Å². The number of nitrogens with zero attached hydrogens (tertiary/aromatic N) is 5. The quantitative estimate of drug-likeness (QED) is 0.529. The van der Waals surface area contributed by atoms with Gasteiger partial charge in [-0.15, -0.1) is 0 Å². The number of fused-ring (bicyclic) bond motifs is 1. The third-order valence-corrected chi connectivity index (χ3v) is 4.06. The van der Waals surface area contributed by atoms with Gasteiger partial charge in [0.15, 0.2) is 12.3 Å². The van der Waals surface area contributed by atoms with Crippen LogP contribution >= 0.6 is 0 Å². The lowest BCUT2D eigenvalue weighted by molar-refractivity contribution is -0.154. The Labute approximate surface area is 157 Å². The molecule has 0 saturated heterocycles. The molecule has 9 heteroatoms. The van der Waals surface area contributed by atoms with Crippen molar-refractivity contribution in [2.45, 2.75) is 13.1 Å². The molecule has 6 nitrogen and oxygen atoms in total. The van der Waals surface area contributed by atoms with Crippen LogP contribution in [-0.4, -0.2) is 37.1 Å².